The summed E-state index contributed by atoms with van der Waals surface area (Å²) in [7, 11) is -2.22. The van der Waals surface area contributed by atoms with Gasteiger partial charge in [0, 0.05) is 23.7 Å². The summed E-state index contributed by atoms with van der Waals surface area (Å²) in [6.45, 7) is 15.9. The third kappa shape index (κ3) is 11.4. The van der Waals surface area contributed by atoms with E-state index in [1.54, 1.807) is 36.4 Å². The van der Waals surface area contributed by atoms with Gasteiger partial charge in [-0.3, -0.25) is 0 Å². The minimum absolute atomic E-state index is 0.0202. The predicted molar refractivity (Wildman–Crippen MR) is 202 cm³/mol. The first-order chi connectivity index (χ1) is 23.7. The van der Waals surface area contributed by atoms with E-state index in [4.69, 9.17) is 13.9 Å². The molecule has 0 aliphatic heterocycles. The molecule has 4 rings (SSSR count). The van der Waals surface area contributed by atoms with E-state index in [-0.39, 0.29) is 35.9 Å². The lowest BCUT2D eigenvalue weighted by Crippen LogP contribution is -2.47. The number of benzene rings is 4. The highest BCUT2D eigenvalue weighted by Crippen LogP contribution is 2.40. The molecular weight excluding hydrogens is 643 g/mol. The van der Waals surface area contributed by atoms with Crippen molar-refractivity contribution in [3.05, 3.63) is 143 Å². The lowest BCUT2D eigenvalue weighted by molar-refractivity contribution is -0.138. The van der Waals surface area contributed by atoms with Gasteiger partial charge >= 0.3 is 11.9 Å². The van der Waals surface area contributed by atoms with E-state index in [1.165, 1.54) is 6.08 Å². The fraction of sp³-hybridized carbons (Fsp3) is 0.333. The van der Waals surface area contributed by atoms with E-state index < -0.39 is 14.3 Å². The van der Waals surface area contributed by atoms with Crippen LogP contribution in [0.1, 0.15) is 78.9 Å². The Bertz CT molecular complexity index is 1750. The number of ether oxygens (including phenoxy) is 2. The average molecular weight is 694 g/mol. The van der Waals surface area contributed by atoms with E-state index >= 15 is 0 Å². The molecule has 0 bridgehead atoms. The van der Waals surface area contributed by atoms with Crippen molar-refractivity contribution >= 4 is 26.3 Å². The van der Waals surface area contributed by atoms with Crippen LogP contribution in [0, 0.1) is 0 Å². The number of aliphatic hydroxyl groups excluding tert-OH is 1. The van der Waals surface area contributed by atoms with Gasteiger partial charge in [-0.1, -0.05) is 99.6 Å². The highest BCUT2D eigenvalue weighted by atomic mass is 28.4. The molecule has 8 heteroatoms. The van der Waals surface area contributed by atoms with Crippen molar-refractivity contribution in [3.63, 3.8) is 0 Å². The summed E-state index contributed by atoms with van der Waals surface area (Å²) >= 11 is 0. The Hall–Kier alpha value is -4.34. The Labute approximate surface area is 298 Å². The molecule has 7 nitrogen and oxygen atoms in total. The summed E-state index contributed by atoms with van der Waals surface area (Å²) in [4.78, 5) is 25.1. The van der Waals surface area contributed by atoms with E-state index in [1.807, 2.05) is 60.7 Å². The van der Waals surface area contributed by atoms with Gasteiger partial charge in [0.15, 0.2) is 8.32 Å². The van der Waals surface area contributed by atoms with Crippen LogP contribution in [0.15, 0.2) is 109 Å². The lowest BCUT2D eigenvalue weighted by atomic mass is 9.93. The zero-order valence-electron chi connectivity index (χ0n) is 30.4. The maximum absolute atomic E-state index is 12.8. The fourth-order valence-electron chi connectivity index (χ4n) is 5.21. The van der Waals surface area contributed by atoms with Gasteiger partial charge in [-0.05, 0) is 91.0 Å². The van der Waals surface area contributed by atoms with Crippen LogP contribution in [0.2, 0.25) is 18.1 Å². The number of carbonyl (C=O) groups is 2. The molecule has 0 aromatic heterocycles. The summed E-state index contributed by atoms with van der Waals surface area (Å²) < 4.78 is 18.0. The summed E-state index contributed by atoms with van der Waals surface area (Å²) in [6, 6.07) is 32.1. The highest BCUT2D eigenvalue weighted by molar-refractivity contribution is 6.74. The van der Waals surface area contributed by atoms with Crippen molar-refractivity contribution in [1.29, 1.82) is 0 Å². The first-order valence-electron chi connectivity index (χ1n) is 17.1. The van der Waals surface area contributed by atoms with Crippen LogP contribution in [0.5, 0.6) is 5.75 Å². The van der Waals surface area contributed by atoms with Gasteiger partial charge in [-0.25, -0.2) is 9.59 Å². The molecule has 0 amide bonds. The van der Waals surface area contributed by atoms with Crippen molar-refractivity contribution in [3.8, 4) is 5.75 Å². The van der Waals surface area contributed by atoms with Gasteiger partial charge in [0.05, 0.1) is 18.3 Å². The number of carbonyl (C=O) groups excluding carboxylic acids is 2. The zero-order chi connectivity index (χ0) is 36.4. The molecule has 0 saturated carbocycles. The molecule has 264 valence electrons. The standard InChI is InChI=1S/C42H51NO6Si/c1-41(2,3)50(6,7)49-38(35-22-23-37(36(26-35)29-44)48-40(46)34-19-12-9-13-20-34)28-43-42(4,5)27-33-18-14-17-31(25-33)21-24-39(45)47-30-32-15-10-8-11-16-32/h8-26,38,43-44H,27-30H2,1-7H3/t38-/m0/s1. The fourth-order valence-corrected chi connectivity index (χ4v) is 6.49. The molecule has 1 atom stereocenters. The summed E-state index contributed by atoms with van der Waals surface area (Å²) in [5.74, 6) is -0.545. The molecule has 0 radical (unpaired) electrons. The number of hydrogen-bond acceptors (Lipinski definition) is 7. The van der Waals surface area contributed by atoms with Crippen molar-refractivity contribution in [2.45, 2.75) is 84.0 Å². The SMILES string of the molecule is CC(C)(Cc1cccc(C=CC(=O)OCc2ccccc2)c1)NC[C@H](O[Si](C)(C)C(C)(C)C)c1ccc(OC(=O)c2ccccc2)c(CO)c1. The molecule has 4 aromatic rings. The highest BCUT2D eigenvalue weighted by Gasteiger charge is 2.40. The summed E-state index contributed by atoms with van der Waals surface area (Å²) in [5, 5.41) is 14.0. The molecule has 50 heavy (non-hydrogen) atoms. The average Bonchev–Trinajstić information content (AvgIpc) is 3.08. The predicted octanol–water partition coefficient (Wildman–Crippen LogP) is 8.83. The normalized spacial score (nSPS) is 12.9. The first kappa shape index (κ1) is 38.5. The third-order valence-electron chi connectivity index (χ3n) is 9.08. The van der Waals surface area contributed by atoms with Crippen molar-refractivity contribution in [2.24, 2.45) is 0 Å². The number of aliphatic hydroxyl groups is 1. The van der Waals surface area contributed by atoms with Crippen LogP contribution in [0.4, 0.5) is 0 Å². The second-order valence-corrected chi connectivity index (χ2v) is 19.5. The third-order valence-corrected chi connectivity index (χ3v) is 13.6. The Morgan fingerprint density at radius 1 is 0.840 bits per heavy atom. The van der Waals surface area contributed by atoms with Gasteiger partial charge in [0.1, 0.15) is 12.4 Å². The van der Waals surface area contributed by atoms with Crippen molar-refractivity contribution in [1.82, 2.24) is 5.32 Å². The minimum Gasteiger partial charge on any atom is -0.458 e. The smallest absolute Gasteiger partial charge is 0.343 e. The molecular formula is C42H51NO6Si. The van der Waals surface area contributed by atoms with Crippen LogP contribution >= 0.6 is 0 Å². The van der Waals surface area contributed by atoms with Gasteiger partial charge < -0.3 is 24.3 Å². The molecule has 0 aliphatic rings. The Balaban J connectivity index is 1.46. The summed E-state index contributed by atoms with van der Waals surface area (Å²) in [6.07, 6.45) is 3.66. The maximum Gasteiger partial charge on any atom is 0.343 e. The van der Waals surface area contributed by atoms with E-state index in [2.05, 4.69) is 65.2 Å². The zero-order valence-corrected chi connectivity index (χ0v) is 31.4. The Morgan fingerprint density at radius 3 is 2.16 bits per heavy atom. The van der Waals surface area contributed by atoms with Gasteiger partial charge in [-0.2, -0.15) is 0 Å². The van der Waals surface area contributed by atoms with Crippen LogP contribution in [0.3, 0.4) is 0 Å². The molecule has 0 spiro atoms. The van der Waals surface area contributed by atoms with Gasteiger partial charge in [0.2, 0.25) is 0 Å². The van der Waals surface area contributed by atoms with Crippen LogP contribution in [-0.2, 0) is 33.6 Å². The second kappa shape index (κ2) is 17.0. The molecule has 0 aliphatic carbocycles. The van der Waals surface area contributed by atoms with Crippen LogP contribution in [0.25, 0.3) is 6.08 Å². The quantitative estimate of drug-likeness (QED) is 0.0556. The van der Waals surface area contributed by atoms with Crippen molar-refractivity contribution in [2.75, 3.05) is 6.54 Å². The largest absolute Gasteiger partial charge is 0.458 e. The molecule has 0 unspecified atom stereocenters. The molecule has 0 saturated heterocycles. The number of rotatable bonds is 15. The Kier molecular flexibility index (Phi) is 13.1. The summed E-state index contributed by atoms with van der Waals surface area (Å²) in [5.41, 5.74) is 4.52. The molecule has 4 aromatic carbocycles. The Morgan fingerprint density at radius 2 is 1.50 bits per heavy atom. The monoisotopic (exact) mass is 693 g/mol. The van der Waals surface area contributed by atoms with E-state index in [9.17, 15) is 14.7 Å². The van der Waals surface area contributed by atoms with Crippen LogP contribution < -0.4 is 10.1 Å². The van der Waals surface area contributed by atoms with Crippen LogP contribution in [-0.4, -0.2) is 37.4 Å². The molecule has 2 N–H and O–H groups in total. The van der Waals surface area contributed by atoms with E-state index in [0.29, 0.717) is 23.4 Å². The van der Waals surface area contributed by atoms with Gasteiger partial charge in [0.25, 0.3) is 0 Å². The number of esters is 2. The lowest BCUT2D eigenvalue weighted by Gasteiger charge is -2.40. The minimum atomic E-state index is -2.22. The first-order valence-corrected chi connectivity index (χ1v) is 20.0. The topological polar surface area (TPSA) is 94.1 Å². The number of hydrogen-bond donors (Lipinski definition) is 2. The molecule has 0 heterocycles. The molecule has 0 fully saturated rings. The van der Waals surface area contributed by atoms with Crippen molar-refractivity contribution < 1.29 is 28.6 Å². The maximum atomic E-state index is 12.8. The van der Waals surface area contributed by atoms with E-state index in [0.717, 1.165) is 28.7 Å². The van der Waals surface area contributed by atoms with Gasteiger partial charge in [-0.15, -0.1) is 0 Å². The number of nitrogens with one attached hydrogen (secondary N) is 1. The second-order valence-electron chi connectivity index (χ2n) is 14.8.